The van der Waals surface area contributed by atoms with Crippen LogP contribution in [0.3, 0.4) is 0 Å². The zero-order valence-corrected chi connectivity index (χ0v) is 9.89. The van der Waals surface area contributed by atoms with Gasteiger partial charge < -0.3 is 0 Å². The number of hydrogen-bond donors (Lipinski definition) is 0. The average Bonchev–Trinajstić information content (AvgIpc) is 2.46. The first-order valence-corrected chi connectivity index (χ1v) is 5.54. The molecule has 94 valence electrons. The van der Waals surface area contributed by atoms with Crippen molar-refractivity contribution in [3.63, 3.8) is 0 Å². The highest BCUT2D eigenvalue weighted by molar-refractivity contribution is 6.07. The molecule has 1 aromatic heterocycles. The lowest BCUT2D eigenvalue weighted by molar-refractivity contribution is -0.384. The fraction of sp³-hybridized carbons (Fsp3) is 0. The van der Waals surface area contributed by atoms with E-state index in [2.05, 4.69) is 4.98 Å². The van der Waals surface area contributed by atoms with Crippen LogP contribution in [0.2, 0.25) is 0 Å². The number of nitro benzene ring substituents is 1. The number of aromatic nitrogens is 1. The lowest BCUT2D eigenvalue weighted by Crippen LogP contribution is -1.96. The van der Waals surface area contributed by atoms with E-state index in [1.807, 2.05) is 6.07 Å². The maximum absolute atomic E-state index is 11.9. The van der Waals surface area contributed by atoms with Crippen molar-refractivity contribution in [2.75, 3.05) is 0 Å². The van der Waals surface area contributed by atoms with Crippen molar-refractivity contribution in [2.24, 2.45) is 0 Å². The van der Waals surface area contributed by atoms with Crippen molar-refractivity contribution in [1.82, 2.24) is 4.98 Å². The lowest BCUT2D eigenvalue weighted by atomic mass is 10.1. The summed E-state index contributed by atoms with van der Waals surface area (Å²) in [7, 11) is 0. The molecule has 2 aromatic rings. The van der Waals surface area contributed by atoms with Crippen LogP contribution in [-0.2, 0) is 0 Å². The number of nitrogens with zero attached hydrogens (tertiary/aromatic N) is 2. The third kappa shape index (κ3) is 3.32. The predicted octanol–water partition coefficient (Wildman–Crippen LogP) is 2.89. The zero-order valence-electron chi connectivity index (χ0n) is 9.89. The van der Waals surface area contributed by atoms with Crippen molar-refractivity contribution < 1.29 is 9.72 Å². The molecule has 0 aliphatic carbocycles. The first-order chi connectivity index (χ1) is 9.16. The molecule has 0 fully saturated rings. The maximum Gasteiger partial charge on any atom is 0.270 e. The summed E-state index contributed by atoms with van der Waals surface area (Å²) in [4.78, 5) is 25.9. The Morgan fingerprint density at radius 2 is 2.11 bits per heavy atom. The predicted molar refractivity (Wildman–Crippen MR) is 70.7 cm³/mol. The topological polar surface area (TPSA) is 73.1 Å². The molecule has 0 saturated heterocycles. The molecule has 0 saturated carbocycles. The highest BCUT2D eigenvalue weighted by atomic mass is 16.6. The lowest BCUT2D eigenvalue weighted by Gasteiger charge is -1.96. The molecule has 0 spiro atoms. The van der Waals surface area contributed by atoms with Crippen LogP contribution in [-0.4, -0.2) is 15.7 Å². The summed E-state index contributed by atoms with van der Waals surface area (Å²) in [6, 6.07) is 9.21. The second-order valence-corrected chi connectivity index (χ2v) is 3.79. The molecule has 2 rings (SSSR count). The molecule has 0 aliphatic rings. The van der Waals surface area contributed by atoms with E-state index in [0.717, 1.165) is 5.56 Å². The van der Waals surface area contributed by atoms with Gasteiger partial charge in [0.15, 0.2) is 5.78 Å². The first kappa shape index (κ1) is 12.6. The van der Waals surface area contributed by atoms with Gasteiger partial charge in [-0.15, -0.1) is 0 Å². The second-order valence-electron chi connectivity index (χ2n) is 3.79. The number of non-ortho nitro benzene ring substituents is 1. The Labute approximate surface area is 109 Å². The summed E-state index contributed by atoms with van der Waals surface area (Å²) in [5.74, 6) is -0.285. The van der Waals surface area contributed by atoms with Crippen LogP contribution in [0.1, 0.15) is 15.9 Å². The smallest absolute Gasteiger partial charge is 0.270 e. The van der Waals surface area contributed by atoms with E-state index in [1.165, 1.54) is 24.3 Å². The van der Waals surface area contributed by atoms with Crippen LogP contribution in [0.25, 0.3) is 6.08 Å². The van der Waals surface area contributed by atoms with Gasteiger partial charge in [0.2, 0.25) is 0 Å². The van der Waals surface area contributed by atoms with Crippen LogP contribution < -0.4 is 0 Å². The molecule has 5 heteroatoms. The molecule has 0 radical (unpaired) electrons. The SMILES string of the molecule is O=C(C=Cc1cccnc1)c1cccc([N+](=O)[O-])c1. The Morgan fingerprint density at radius 3 is 2.79 bits per heavy atom. The molecule has 0 N–H and O–H groups in total. The number of carbonyl (C=O) groups excluding carboxylic acids is 1. The fourth-order valence-corrected chi connectivity index (χ4v) is 1.52. The number of nitro groups is 1. The third-order valence-electron chi connectivity index (χ3n) is 2.45. The summed E-state index contributed by atoms with van der Waals surface area (Å²) in [5, 5.41) is 10.6. The van der Waals surface area contributed by atoms with Gasteiger partial charge >= 0.3 is 0 Å². The van der Waals surface area contributed by atoms with E-state index in [4.69, 9.17) is 0 Å². The number of rotatable bonds is 4. The molecule has 1 aromatic carbocycles. The molecule has 19 heavy (non-hydrogen) atoms. The molecular weight excluding hydrogens is 244 g/mol. The van der Waals surface area contributed by atoms with Gasteiger partial charge in [-0.2, -0.15) is 0 Å². The van der Waals surface area contributed by atoms with Crippen LogP contribution in [0.15, 0.2) is 54.9 Å². The molecule has 5 nitrogen and oxygen atoms in total. The quantitative estimate of drug-likeness (QED) is 0.364. The van der Waals surface area contributed by atoms with E-state index in [1.54, 1.807) is 30.6 Å². The normalized spacial score (nSPS) is 10.5. The van der Waals surface area contributed by atoms with E-state index in [0.29, 0.717) is 0 Å². The first-order valence-electron chi connectivity index (χ1n) is 5.54. The standard InChI is InChI=1S/C14H10N2O3/c17-14(7-6-11-3-2-8-15-10-11)12-4-1-5-13(9-12)16(18)19/h1-10H. The summed E-state index contributed by atoms with van der Waals surface area (Å²) in [6.45, 7) is 0. The average molecular weight is 254 g/mol. The number of hydrogen-bond acceptors (Lipinski definition) is 4. The maximum atomic E-state index is 11.9. The summed E-state index contributed by atoms with van der Waals surface area (Å²) >= 11 is 0. The zero-order chi connectivity index (χ0) is 13.7. The van der Waals surface area contributed by atoms with E-state index in [9.17, 15) is 14.9 Å². The van der Waals surface area contributed by atoms with Gasteiger partial charge in [-0.1, -0.05) is 18.2 Å². The van der Waals surface area contributed by atoms with Gasteiger partial charge in [0, 0.05) is 30.1 Å². The summed E-state index contributed by atoms with van der Waals surface area (Å²) in [5.41, 5.74) is 0.983. The largest absolute Gasteiger partial charge is 0.289 e. The minimum atomic E-state index is -0.526. The summed E-state index contributed by atoms with van der Waals surface area (Å²) < 4.78 is 0. The van der Waals surface area contributed by atoms with E-state index < -0.39 is 4.92 Å². The number of ketones is 1. The van der Waals surface area contributed by atoms with Crippen molar-refractivity contribution in [3.8, 4) is 0 Å². The number of pyridine rings is 1. The Kier molecular flexibility index (Phi) is 3.78. The number of carbonyl (C=O) groups is 1. The van der Waals surface area contributed by atoms with Crippen LogP contribution in [0, 0.1) is 10.1 Å². The summed E-state index contributed by atoms with van der Waals surface area (Å²) in [6.07, 6.45) is 6.25. The van der Waals surface area contributed by atoms with Crippen molar-refractivity contribution in [1.29, 1.82) is 0 Å². The molecule has 0 bridgehead atoms. The van der Waals surface area contributed by atoms with Gasteiger partial charge in [-0.05, 0) is 23.8 Å². The highest BCUT2D eigenvalue weighted by Gasteiger charge is 2.09. The Morgan fingerprint density at radius 1 is 1.26 bits per heavy atom. The molecule has 0 atom stereocenters. The fourth-order valence-electron chi connectivity index (χ4n) is 1.52. The van der Waals surface area contributed by atoms with E-state index >= 15 is 0 Å². The third-order valence-corrected chi connectivity index (χ3v) is 2.45. The monoisotopic (exact) mass is 254 g/mol. The van der Waals surface area contributed by atoms with Gasteiger partial charge in [0.05, 0.1) is 4.92 Å². The van der Waals surface area contributed by atoms with Crippen molar-refractivity contribution in [3.05, 3.63) is 76.1 Å². The van der Waals surface area contributed by atoms with Crippen LogP contribution >= 0.6 is 0 Å². The van der Waals surface area contributed by atoms with Crippen LogP contribution in [0.4, 0.5) is 5.69 Å². The molecule has 1 heterocycles. The molecule has 0 aliphatic heterocycles. The second kappa shape index (κ2) is 5.68. The van der Waals surface area contributed by atoms with Gasteiger partial charge in [0.25, 0.3) is 5.69 Å². The Bertz CT molecular complexity index is 636. The number of allylic oxidation sites excluding steroid dienone is 1. The van der Waals surface area contributed by atoms with Gasteiger partial charge in [0.1, 0.15) is 0 Å². The van der Waals surface area contributed by atoms with E-state index in [-0.39, 0.29) is 17.0 Å². The Hall–Kier alpha value is -2.82. The minimum absolute atomic E-state index is 0.0966. The van der Waals surface area contributed by atoms with Gasteiger partial charge in [-0.3, -0.25) is 19.9 Å². The van der Waals surface area contributed by atoms with Gasteiger partial charge in [-0.25, -0.2) is 0 Å². The number of benzene rings is 1. The molecule has 0 amide bonds. The van der Waals surface area contributed by atoms with Crippen molar-refractivity contribution in [2.45, 2.75) is 0 Å². The highest BCUT2D eigenvalue weighted by Crippen LogP contribution is 2.14. The van der Waals surface area contributed by atoms with Crippen molar-refractivity contribution >= 4 is 17.5 Å². The Balaban J connectivity index is 2.18. The molecular formula is C14H10N2O3. The van der Waals surface area contributed by atoms with Crippen LogP contribution in [0.5, 0.6) is 0 Å². The minimum Gasteiger partial charge on any atom is -0.289 e. The molecule has 0 unspecified atom stereocenters.